The lowest BCUT2D eigenvalue weighted by molar-refractivity contribution is 0.475. The topological polar surface area (TPSA) is 45.1 Å². The second-order valence-electron chi connectivity index (χ2n) is 3.74. The summed E-state index contributed by atoms with van der Waals surface area (Å²) in [6.45, 7) is 4.69. The summed E-state index contributed by atoms with van der Waals surface area (Å²) in [6, 6.07) is 5.31. The zero-order valence-corrected chi connectivity index (χ0v) is 10.1. The first kappa shape index (κ1) is 11.0. The maximum atomic E-state index is 9.29. The number of aryl methyl sites for hydroxylation is 2. The summed E-state index contributed by atoms with van der Waals surface area (Å²) < 4.78 is 0. The van der Waals surface area contributed by atoms with Crippen LogP contribution in [-0.4, -0.2) is 10.1 Å². The molecule has 0 radical (unpaired) electrons. The number of phenolic OH excluding ortho intramolecular Hbond substituents is 1. The lowest BCUT2D eigenvalue weighted by Gasteiger charge is -2.08. The number of benzene rings is 1. The van der Waals surface area contributed by atoms with Crippen LogP contribution in [0.1, 0.15) is 16.3 Å². The van der Waals surface area contributed by atoms with Gasteiger partial charge in [-0.05, 0) is 37.6 Å². The number of nitrogens with zero attached hydrogens (tertiary/aromatic N) is 1. The van der Waals surface area contributed by atoms with Crippen LogP contribution in [0.25, 0.3) is 0 Å². The summed E-state index contributed by atoms with van der Waals surface area (Å²) in [5.74, 6) is 0.299. The molecule has 1 aromatic heterocycles. The van der Waals surface area contributed by atoms with E-state index >= 15 is 0 Å². The molecule has 0 spiro atoms. The maximum Gasteiger partial charge on any atom is 0.115 e. The molecule has 0 saturated carbocycles. The number of hydrogen-bond donors (Lipinski definition) is 2. The van der Waals surface area contributed by atoms with Crippen LogP contribution >= 0.6 is 11.3 Å². The van der Waals surface area contributed by atoms with Gasteiger partial charge in [0.05, 0.1) is 6.54 Å². The van der Waals surface area contributed by atoms with Crippen molar-refractivity contribution in [3.8, 4) is 5.75 Å². The average molecular weight is 234 g/mol. The van der Waals surface area contributed by atoms with Crippen molar-refractivity contribution in [1.82, 2.24) is 4.98 Å². The van der Waals surface area contributed by atoms with E-state index in [0.29, 0.717) is 5.75 Å². The Morgan fingerprint density at radius 2 is 2.19 bits per heavy atom. The fourth-order valence-corrected chi connectivity index (χ4v) is 2.21. The van der Waals surface area contributed by atoms with E-state index < -0.39 is 0 Å². The summed E-state index contributed by atoms with van der Waals surface area (Å²) in [5.41, 5.74) is 3.13. The Morgan fingerprint density at radius 3 is 2.81 bits per heavy atom. The van der Waals surface area contributed by atoms with E-state index in [4.69, 9.17) is 0 Å². The predicted molar refractivity (Wildman–Crippen MR) is 67.0 cm³/mol. The molecule has 0 aliphatic rings. The molecule has 2 N–H and O–H groups in total. The number of hydrogen-bond acceptors (Lipinski definition) is 4. The predicted octanol–water partition coefficient (Wildman–Crippen LogP) is 3.08. The van der Waals surface area contributed by atoms with Crippen molar-refractivity contribution in [2.75, 3.05) is 5.32 Å². The quantitative estimate of drug-likeness (QED) is 0.802. The number of thiazole rings is 1. The molecule has 84 valence electrons. The third-order valence-electron chi connectivity index (χ3n) is 2.31. The zero-order valence-electron chi connectivity index (χ0n) is 9.32. The molecule has 0 fully saturated rings. The number of phenols is 1. The van der Waals surface area contributed by atoms with Crippen molar-refractivity contribution in [2.24, 2.45) is 0 Å². The molecular weight excluding hydrogens is 220 g/mol. The minimum atomic E-state index is 0.299. The highest BCUT2D eigenvalue weighted by atomic mass is 32.1. The van der Waals surface area contributed by atoms with Gasteiger partial charge in [-0.15, -0.1) is 11.3 Å². The second-order valence-corrected chi connectivity index (χ2v) is 4.68. The van der Waals surface area contributed by atoms with Crippen molar-refractivity contribution in [3.63, 3.8) is 0 Å². The lowest BCUT2D eigenvalue weighted by atomic mass is 10.2. The largest absolute Gasteiger partial charge is 0.508 e. The van der Waals surface area contributed by atoms with Gasteiger partial charge in [-0.25, -0.2) is 4.98 Å². The van der Waals surface area contributed by atoms with Crippen molar-refractivity contribution >= 4 is 17.0 Å². The summed E-state index contributed by atoms with van der Waals surface area (Å²) in [6.07, 6.45) is 0. The highest BCUT2D eigenvalue weighted by molar-refractivity contribution is 7.09. The molecule has 0 bridgehead atoms. The molecule has 0 saturated heterocycles. The molecule has 0 unspecified atom stereocenters. The van der Waals surface area contributed by atoms with Crippen LogP contribution in [-0.2, 0) is 6.54 Å². The van der Waals surface area contributed by atoms with Crippen LogP contribution in [0.3, 0.4) is 0 Å². The molecule has 1 heterocycles. The van der Waals surface area contributed by atoms with Crippen LogP contribution in [0.5, 0.6) is 5.75 Å². The number of nitrogens with one attached hydrogen (secondary N) is 1. The van der Waals surface area contributed by atoms with Gasteiger partial charge in [0, 0.05) is 16.8 Å². The molecule has 0 atom stereocenters. The number of aromatic hydroxyl groups is 1. The van der Waals surface area contributed by atoms with E-state index in [1.54, 1.807) is 23.5 Å². The molecule has 2 aromatic rings. The van der Waals surface area contributed by atoms with Crippen LogP contribution in [0.2, 0.25) is 0 Å². The Bertz CT molecular complexity index is 494. The van der Waals surface area contributed by atoms with E-state index in [1.807, 2.05) is 25.3 Å². The lowest BCUT2D eigenvalue weighted by Crippen LogP contribution is -2.00. The van der Waals surface area contributed by atoms with Gasteiger partial charge in [0.2, 0.25) is 0 Å². The first-order chi connectivity index (χ1) is 7.65. The highest BCUT2D eigenvalue weighted by Crippen LogP contribution is 2.21. The molecule has 0 amide bonds. The Morgan fingerprint density at radius 1 is 1.38 bits per heavy atom. The zero-order chi connectivity index (χ0) is 11.5. The fraction of sp³-hybridized carbons (Fsp3) is 0.250. The minimum absolute atomic E-state index is 0.299. The first-order valence-corrected chi connectivity index (χ1v) is 5.97. The van der Waals surface area contributed by atoms with Crippen molar-refractivity contribution < 1.29 is 5.11 Å². The molecule has 4 heteroatoms. The van der Waals surface area contributed by atoms with Gasteiger partial charge >= 0.3 is 0 Å². The third kappa shape index (κ3) is 2.52. The number of aromatic nitrogens is 1. The van der Waals surface area contributed by atoms with Crippen molar-refractivity contribution in [1.29, 1.82) is 0 Å². The number of rotatable bonds is 3. The second kappa shape index (κ2) is 4.53. The van der Waals surface area contributed by atoms with Crippen molar-refractivity contribution in [2.45, 2.75) is 20.4 Å². The van der Waals surface area contributed by atoms with E-state index in [-0.39, 0.29) is 0 Å². The fourth-order valence-electron chi connectivity index (χ4n) is 1.50. The monoisotopic (exact) mass is 234 g/mol. The number of anilines is 1. The molecule has 3 nitrogen and oxygen atoms in total. The molecule has 1 aromatic carbocycles. The Hall–Kier alpha value is -1.55. The Kier molecular flexibility index (Phi) is 3.10. The Labute approximate surface area is 98.8 Å². The highest BCUT2D eigenvalue weighted by Gasteiger charge is 2.01. The average Bonchev–Trinajstić information content (AvgIpc) is 2.63. The van der Waals surface area contributed by atoms with Gasteiger partial charge in [-0.2, -0.15) is 0 Å². The normalized spacial score (nSPS) is 10.4. The van der Waals surface area contributed by atoms with Crippen molar-refractivity contribution in [3.05, 3.63) is 39.8 Å². The smallest absolute Gasteiger partial charge is 0.115 e. The van der Waals surface area contributed by atoms with E-state index in [1.165, 1.54) is 0 Å². The molecule has 0 aliphatic carbocycles. The van der Waals surface area contributed by atoms with Crippen LogP contribution in [0.15, 0.2) is 23.6 Å². The summed E-state index contributed by atoms with van der Waals surface area (Å²) in [7, 11) is 0. The first-order valence-electron chi connectivity index (χ1n) is 5.09. The summed E-state index contributed by atoms with van der Waals surface area (Å²) >= 11 is 1.65. The van der Waals surface area contributed by atoms with Gasteiger partial charge in [0.25, 0.3) is 0 Å². The van der Waals surface area contributed by atoms with Gasteiger partial charge in [-0.3, -0.25) is 0 Å². The summed E-state index contributed by atoms with van der Waals surface area (Å²) in [5, 5.41) is 15.7. The minimum Gasteiger partial charge on any atom is -0.508 e. The van der Waals surface area contributed by atoms with E-state index in [0.717, 1.165) is 28.5 Å². The van der Waals surface area contributed by atoms with Gasteiger partial charge in [-0.1, -0.05) is 0 Å². The van der Waals surface area contributed by atoms with Crippen LogP contribution in [0, 0.1) is 13.8 Å². The summed E-state index contributed by atoms with van der Waals surface area (Å²) in [4.78, 5) is 4.38. The SMILES string of the molecule is Cc1csc(CNc2ccc(O)cc2C)n1. The molecule has 0 aliphatic heterocycles. The van der Waals surface area contributed by atoms with Crippen LogP contribution in [0.4, 0.5) is 5.69 Å². The molecule has 16 heavy (non-hydrogen) atoms. The van der Waals surface area contributed by atoms with E-state index in [9.17, 15) is 5.11 Å². The maximum absolute atomic E-state index is 9.29. The standard InChI is InChI=1S/C12H14N2OS/c1-8-5-10(15)3-4-11(8)13-6-12-14-9(2)7-16-12/h3-5,7,13,15H,6H2,1-2H3. The molecule has 2 rings (SSSR count). The van der Waals surface area contributed by atoms with Gasteiger partial charge in [0.1, 0.15) is 10.8 Å². The molecular formula is C12H14N2OS. The third-order valence-corrected chi connectivity index (χ3v) is 3.27. The van der Waals surface area contributed by atoms with Gasteiger partial charge in [0.15, 0.2) is 0 Å². The van der Waals surface area contributed by atoms with Gasteiger partial charge < -0.3 is 10.4 Å². The Balaban J connectivity index is 2.04. The van der Waals surface area contributed by atoms with E-state index in [2.05, 4.69) is 10.3 Å². The van der Waals surface area contributed by atoms with Crippen LogP contribution < -0.4 is 5.32 Å².